The summed E-state index contributed by atoms with van der Waals surface area (Å²) in [6, 6.07) is 8.54. The van der Waals surface area contributed by atoms with Crippen molar-refractivity contribution in [2.45, 2.75) is 38.4 Å². The summed E-state index contributed by atoms with van der Waals surface area (Å²) in [5.41, 5.74) is 1.36. The molecule has 0 N–H and O–H groups in total. The van der Waals surface area contributed by atoms with E-state index in [1.165, 1.54) is 42.1 Å². The van der Waals surface area contributed by atoms with Crippen LogP contribution in [0.5, 0.6) is 0 Å². The van der Waals surface area contributed by atoms with E-state index in [0.717, 1.165) is 32.7 Å². The summed E-state index contributed by atoms with van der Waals surface area (Å²) < 4.78 is 11.8. The van der Waals surface area contributed by atoms with Gasteiger partial charge in [0, 0.05) is 30.2 Å². The predicted molar refractivity (Wildman–Crippen MR) is 99.5 cm³/mol. The number of fused-ring (bicyclic) bond motifs is 1. The van der Waals surface area contributed by atoms with Crippen molar-refractivity contribution in [3.05, 3.63) is 42.2 Å². The average Bonchev–Trinajstić information content (AvgIpc) is 3.10. The number of pyridine rings is 1. The van der Waals surface area contributed by atoms with Gasteiger partial charge in [0.15, 0.2) is 5.79 Å². The molecule has 0 aliphatic carbocycles. The lowest BCUT2D eigenvalue weighted by Gasteiger charge is -2.40. The molecule has 0 amide bonds. The smallest absolute Gasteiger partial charge is 0.169 e. The first kappa shape index (κ1) is 17.0. The molecule has 3 heterocycles. The first-order valence-corrected chi connectivity index (χ1v) is 9.56. The summed E-state index contributed by atoms with van der Waals surface area (Å²) in [7, 11) is 0. The molecule has 2 aliphatic heterocycles. The normalized spacial score (nSPS) is 24.0. The molecule has 0 unspecified atom stereocenters. The van der Waals surface area contributed by atoms with Gasteiger partial charge in [-0.25, -0.2) is 0 Å². The number of likely N-dealkylation sites (tertiary alicyclic amines) is 1. The summed E-state index contributed by atoms with van der Waals surface area (Å²) in [6.07, 6.45) is 8.68. The molecule has 4 heteroatoms. The van der Waals surface area contributed by atoms with E-state index in [4.69, 9.17) is 9.47 Å². The highest BCUT2D eigenvalue weighted by atomic mass is 16.7. The molecule has 134 valence electrons. The third kappa shape index (κ3) is 3.71. The van der Waals surface area contributed by atoms with Crippen LogP contribution in [0.1, 0.15) is 31.7 Å². The van der Waals surface area contributed by atoms with Crippen LogP contribution in [-0.4, -0.2) is 48.5 Å². The number of aryl methyl sites for hydroxylation is 1. The van der Waals surface area contributed by atoms with Crippen molar-refractivity contribution in [2.24, 2.45) is 5.92 Å². The lowest BCUT2D eigenvalue weighted by Crippen LogP contribution is -2.47. The standard InChI is InChI=1S/C21H28N2O2/c1-21(24-12-13-25-21)19-8-5-11-23(16-19)10-4-7-18-15-22-14-17-6-2-3-9-20(17)18/h2-3,6,9,14-15,19H,4-5,7-8,10-13,16H2,1H3/t19-/m0/s1. The van der Waals surface area contributed by atoms with Gasteiger partial charge in [0.05, 0.1) is 13.2 Å². The highest BCUT2D eigenvalue weighted by molar-refractivity contribution is 5.84. The van der Waals surface area contributed by atoms with Crippen LogP contribution in [-0.2, 0) is 15.9 Å². The van der Waals surface area contributed by atoms with Gasteiger partial charge in [0.25, 0.3) is 0 Å². The monoisotopic (exact) mass is 340 g/mol. The van der Waals surface area contributed by atoms with E-state index in [1.807, 2.05) is 12.4 Å². The topological polar surface area (TPSA) is 34.6 Å². The lowest BCUT2D eigenvalue weighted by molar-refractivity contribution is -0.192. The van der Waals surface area contributed by atoms with E-state index < -0.39 is 0 Å². The Morgan fingerprint density at radius 3 is 2.92 bits per heavy atom. The van der Waals surface area contributed by atoms with Crippen molar-refractivity contribution < 1.29 is 9.47 Å². The Morgan fingerprint density at radius 1 is 1.20 bits per heavy atom. The zero-order valence-corrected chi connectivity index (χ0v) is 15.1. The molecule has 2 saturated heterocycles. The molecule has 2 fully saturated rings. The number of benzene rings is 1. The molecule has 1 aromatic heterocycles. The van der Waals surface area contributed by atoms with E-state index >= 15 is 0 Å². The minimum Gasteiger partial charge on any atom is -0.347 e. The summed E-state index contributed by atoms with van der Waals surface area (Å²) in [6.45, 7) is 7.01. The quantitative estimate of drug-likeness (QED) is 0.832. The average molecular weight is 340 g/mol. The van der Waals surface area contributed by atoms with Crippen LogP contribution < -0.4 is 0 Å². The Balaban J connectivity index is 1.33. The molecule has 0 bridgehead atoms. The molecule has 4 nitrogen and oxygen atoms in total. The first-order valence-electron chi connectivity index (χ1n) is 9.56. The number of hydrogen-bond donors (Lipinski definition) is 0. The number of piperidine rings is 1. The van der Waals surface area contributed by atoms with Crippen LogP contribution >= 0.6 is 0 Å². The number of ether oxygens (including phenoxy) is 2. The predicted octanol–water partition coefficient (Wildman–Crippen LogP) is 3.64. The lowest BCUT2D eigenvalue weighted by atomic mass is 9.90. The molecule has 25 heavy (non-hydrogen) atoms. The Kier molecular flexibility index (Phi) is 5.02. The van der Waals surface area contributed by atoms with Crippen molar-refractivity contribution >= 4 is 10.8 Å². The highest BCUT2D eigenvalue weighted by Crippen LogP contribution is 2.34. The van der Waals surface area contributed by atoms with E-state index in [-0.39, 0.29) is 5.79 Å². The fourth-order valence-corrected chi connectivity index (χ4v) is 4.32. The highest BCUT2D eigenvalue weighted by Gasteiger charge is 2.41. The molecule has 0 radical (unpaired) electrons. The fourth-order valence-electron chi connectivity index (χ4n) is 4.32. The molecule has 0 saturated carbocycles. The second-order valence-corrected chi connectivity index (χ2v) is 7.48. The van der Waals surface area contributed by atoms with Gasteiger partial charge in [-0.15, -0.1) is 0 Å². The Morgan fingerprint density at radius 2 is 2.04 bits per heavy atom. The van der Waals surface area contributed by atoms with E-state index in [0.29, 0.717) is 5.92 Å². The number of aromatic nitrogens is 1. The van der Waals surface area contributed by atoms with Gasteiger partial charge in [0.1, 0.15) is 0 Å². The Bertz CT molecular complexity index is 707. The minimum absolute atomic E-state index is 0.363. The largest absolute Gasteiger partial charge is 0.347 e. The fraction of sp³-hybridized carbons (Fsp3) is 0.571. The number of nitrogens with zero attached hydrogens (tertiary/aromatic N) is 2. The molecule has 1 atom stereocenters. The van der Waals surface area contributed by atoms with Crippen LogP contribution in [0, 0.1) is 5.92 Å². The van der Waals surface area contributed by atoms with Crippen molar-refractivity contribution in [2.75, 3.05) is 32.8 Å². The molecule has 1 aromatic carbocycles. The zero-order valence-electron chi connectivity index (χ0n) is 15.1. The van der Waals surface area contributed by atoms with Crippen LogP contribution in [0.15, 0.2) is 36.7 Å². The summed E-state index contributed by atoms with van der Waals surface area (Å²) in [4.78, 5) is 6.99. The second kappa shape index (κ2) is 7.40. The van der Waals surface area contributed by atoms with Crippen molar-refractivity contribution in [3.63, 3.8) is 0 Å². The maximum Gasteiger partial charge on any atom is 0.169 e. The third-order valence-electron chi connectivity index (χ3n) is 5.78. The van der Waals surface area contributed by atoms with Crippen LogP contribution in [0.4, 0.5) is 0 Å². The summed E-state index contributed by atoms with van der Waals surface area (Å²) in [5, 5.41) is 2.58. The van der Waals surface area contributed by atoms with Crippen molar-refractivity contribution in [3.8, 4) is 0 Å². The maximum atomic E-state index is 5.89. The molecule has 0 spiro atoms. The SMILES string of the molecule is CC1([C@H]2CCCN(CCCc3cncc4ccccc34)C2)OCCO1. The molecular formula is C21H28N2O2. The van der Waals surface area contributed by atoms with Gasteiger partial charge in [-0.2, -0.15) is 0 Å². The van der Waals surface area contributed by atoms with Gasteiger partial charge in [0.2, 0.25) is 0 Å². The van der Waals surface area contributed by atoms with E-state index in [2.05, 4.69) is 41.1 Å². The van der Waals surface area contributed by atoms with Crippen molar-refractivity contribution in [1.29, 1.82) is 0 Å². The third-order valence-corrected chi connectivity index (χ3v) is 5.78. The molecule has 2 aromatic rings. The van der Waals surface area contributed by atoms with Crippen LogP contribution in [0.3, 0.4) is 0 Å². The zero-order chi connectivity index (χ0) is 17.1. The summed E-state index contributed by atoms with van der Waals surface area (Å²) >= 11 is 0. The number of rotatable bonds is 5. The van der Waals surface area contributed by atoms with E-state index in [9.17, 15) is 0 Å². The number of hydrogen-bond acceptors (Lipinski definition) is 4. The maximum absolute atomic E-state index is 5.89. The van der Waals surface area contributed by atoms with Gasteiger partial charge in [-0.1, -0.05) is 24.3 Å². The summed E-state index contributed by atoms with van der Waals surface area (Å²) in [5.74, 6) is 0.126. The van der Waals surface area contributed by atoms with Crippen LogP contribution in [0.25, 0.3) is 10.8 Å². The second-order valence-electron chi connectivity index (χ2n) is 7.48. The molecular weight excluding hydrogens is 312 g/mol. The van der Waals surface area contributed by atoms with Gasteiger partial charge < -0.3 is 14.4 Å². The van der Waals surface area contributed by atoms with E-state index in [1.54, 1.807) is 0 Å². The van der Waals surface area contributed by atoms with Gasteiger partial charge >= 0.3 is 0 Å². The first-order chi connectivity index (χ1) is 12.2. The van der Waals surface area contributed by atoms with Crippen molar-refractivity contribution in [1.82, 2.24) is 9.88 Å². The Labute approximate surface area is 150 Å². The van der Waals surface area contributed by atoms with Gasteiger partial charge in [-0.3, -0.25) is 4.98 Å². The van der Waals surface area contributed by atoms with Gasteiger partial charge in [-0.05, 0) is 56.6 Å². The molecule has 4 rings (SSSR count). The minimum atomic E-state index is -0.363. The molecule has 2 aliphatic rings. The van der Waals surface area contributed by atoms with Crippen LogP contribution in [0.2, 0.25) is 0 Å². The Hall–Kier alpha value is -1.49.